The Balaban J connectivity index is 1.25. The van der Waals surface area contributed by atoms with E-state index in [4.69, 9.17) is 4.98 Å². The number of aromatic nitrogens is 2. The number of hydrogen-bond donors (Lipinski definition) is 0. The van der Waals surface area contributed by atoms with Crippen LogP contribution in [-0.4, -0.2) is 9.55 Å². The lowest BCUT2D eigenvalue weighted by molar-refractivity contribution is 1.18. The molecular formula is C55H34N2. The molecule has 0 N–H and O–H groups in total. The van der Waals surface area contributed by atoms with Crippen LogP contribution in [0.1, 0.15) is 0 Å². The molecule has 0 aliphatic heterocycles. The Hall–Kier alpha value is -7.55. The second-order valence-electron chi connectivity index (χ2n) is 15.0. The predicted octanol–water partition coefficient (Wildman–Crippen LogP) is 14.8. The first-order valence-electron chi connectivity index (χ1n) is 19.6. The van der Waals surface area contributed by atoms with Gasteiger partial charge < -0.3 is 4.57 Å². The molecule has 264 valence electrons. The van der Waals surface area contributed by atoms with Crippen molar-refractivity contribution in [1.82, 2.24) is 9.55 Å². The molecule has 1 aliphatic carbocycles. The first kappa shape index (κ1) is 31.8. The Kier molecular flexibility index (Phi) is 6.96. The fraction of sp³-hybridized carbons (Fsp3) is 0. The largest absolute Gasteiger partial charge is 0.309 e. The van der Waals surface area contributed by atoms with Crippen molar-refractivity contribution in [3.05, 3.63) is 206 Å². The van der Waals surface area contributed by atoms with Gasteiger partial charge in [-0.3, -0.25) is 4.98 Å². The van der Waals surface area contributed by atoms with Crippen LogP contribution in [0.25, 0.3) is 116 Å². The maximum absolute atomic E-state index is 4.82. The van der Waals surface area contributed by atoms with Gasteiger partial charge >= 0.3 is 0 Å². The van der Waals surface area contributed by atoms with E-state index in [0.717, 1.165) is 22.5 Å². The standard InChI is InChI=1S/C55H34N2/c1-4-17-35(18-5-1)38-31-39(47-28-14-15-30-56-47)33-40(32-38)57-48-29-13-12-25-43(48)53-44-26-16-27-45-52(44)46(34-49(53)57)55-51(37-21-8-3-9-22-37)42-24-11-10-23-41(42)50(54(45)55)36-19-6-2-7-20-36/h1-34H. The van der Waals surface area contributed by atoms with Crippen molar-refractivity contribution in [2.75, 3.05) is 0 Å². The molecule has 11 aromatic rings. The van der Waals surface area contributed by atoms with Crippen LogP contribution in [0, 0.1) is 0 Å². The molecule has 2 heterocycles. The van der Waals surface area contributed by atoms with Crippen molar-refractivity contribution < 1.29 is 0 Å². The molecule has 2 nitrogen and oxygen atoms in total. The quantitative estimate of drug-likeness (QED) is 0.173. The van der Waals surface area contributed by atoms with Crippen molar-refractivity contribution in [3.8, 4) is 72.6 Å². The molecule has 0 atom stereocenters. The fourth-order valence-corrected chi connectivity index (χ4v) is 9.63. The molecule has 0 radical (unpaired) electrons. The zero-order chi connectivity index (χ0) is 37.5. The Labute approximate surface area is 330 Å². The van der Waals surface area contributed by atoms with Crippen LogP contribution in [0.2, 0.25) is 0 Å². The number of fused-ring (bicyclic) bond motifs is 8. The summed E-state index contributed by atoms with van der Waals surface area (Å²) in [5.74, 6) is 0. The molecule has 0 fully saturated rings. The smallest absolute Gasteiger partial charge is 0.0702 e. The van der Waals surface area contributed by atoms with Crippen molar-refractivity contribution in [2.45, 2.75) is 0 Å². The molecule has 2 aromatic heterocycles. The maximum atomic E-state index is 4.82. The van der Waals surface area contributed by atoms with Crippen LogP contribution >= 0.6 is 0 Å². The van der Waals surface area contributed by atoms with Crippen molar-refractivity contribution >= 4 is 43.4 Å². The lowest BCUT2D eigenvalue weighted by Gasteiger charge is -2.20. The lowest BCUT2D eigenvalue weighted by atomic mass is 9.82. The number of nitrogens with zero attached hydrogens (tertiary/aromatic N) is 2. The minimum Gasteiger partial charge on any atom is -0.309 e. The summed E-state index contributed by atoms with van der Waals surface area (Å²) in [6.45, 7) is 0. The number of benzene rings is 9. The number of para-hydroxylation sites is 1. The monoisotopic (exact) mass is 722 g/mol. The minimum atomic E-state index is 0.952. The first-order valence-corrected chi connectivity index (χ1v) is 19.6. The summed E-state index contributed by atoms with van der Waals surface area (Å²) in [6, 6.07) is 73.1. The first-order chi connectivity index (χ1) is 28.3. The second-order valence-corrected chi connectivity index (χ2v) is 15.0. The van der Waals surface area contributed by atoms with E-state index in [1.54, 1.807) is 0 Å². The van der Waals surface area contributed by atoms with E-state index in [0.29, 0.717) is 0 Å². The Morgan fingerprint density at radius 3 is 1.54 bits per heavy atom. The minimum absolute atomic E-state index is 0.952. The van der Waals surface area contributed by atoms with Crippen LogP contribution in [0.5, 0.6) is 0 Å². The molecule has 0 bridgehead atoms. The Morgan fingerprint density at radius 2 is 0.877 bits per heavy atom. The van der Waals surface area contributed by atoms with Crippen LogP contribution in [0.15, 0.2) is 206 Å². The molecule has 57 heavy (non-hydrogen) atoms. The highest BCUT2D eigenvalue weighted by atomic mass is 15.0. The Bertz CT molecular complexity index is 3310. The third-order valence-electron chi connectivity index (χ3n) is 11.9. The summed E-state index contributed by atoms with van der Waals surface area (Å²) in [7, 11) is 0. The van der Waals surface area contributed by atoms with Gasteiger partial charge in [0, 0.05) is 28.2 Å². The fourth-order valence-electron chi connectivity index (χ4n) is 9.63. The van der Waals surface area contributed by atoms with E-state index in [9.17, 15) is 0 Å². The van der Waals surface area contributed by atoms with Gasteiger partial charge in [0.15, 0.2) is 0 Å². The summed E-state index contributed by atoms with van der Waals surface area (Å²) in [6.07, 6.45) is 1.88. The second kappa shape index (κ2) is 12.5. The molecule has 0 saturated heterocycles. The summed E-state index contributed by atoms with van der Waals surface area (Å²) in [5, 5.41) is 7.64. The van der Waals surface area contributed by atoms with E-state index in [2.05, 4.69) is 199 Å². The molecule has 0 spiro atoms. The summed E-state index contributed by atoms with van der Waals surface area (Å²) in [4.78, 5) is 4.82. The van der Waals surface area contributed by atoms with Gasteiger partial charge in [-0.15, -0.1) is 0 Å². The molecule has 12 rings (SSSR count). The van der Waals surface area contributed by atoms with Gasteiger partial charge in [-0.05, 0) is 120 Å². The SMILES string of the molecule is c1ccc(-c2cc(-c3ccccn3)cc(-n3c4ccccc4c4c5cccc6c5c(cc43)-c3c-6c(-c4ccccc4)c4ccccc4c3-c3ccccc3)c2)cc1. The van der Waals surface area contributed by atoms with Crippen molar-refractivity contribution in [1.29, 1.82) is 0 Å². The van der Waals surface area contributed by atoms with Crippen LogP contribution in [0.3, 0.4) is 0 Å². The van der Waals surface area contributed by atoms with E-state index in [1.807, 2.05) is 12.3 Å². The van der Waals surface area contributed by atoms with Gasteiger partial charge in [0.1, 0.15) is 0 Å². The third-order valence-corrected chi connectivity index (χ3v) is 11.9. The lowest BCUT2D eigenvalue weighted by Crippen LogP contribution is -1.97. The van der Waals surface area contributed by atoms with Gasteiger partial charge in [-0.1, -0.05) is 158 Å². The average Bonchev–Trinajstić information content (AvgIpc) is 3.80. The molecule has 0 saturated carbocycles. The van der Waals surface area contributed by atoms with Crippen LogP contribution in [0.4, 0.5) is 0 Å². The molecule has 9 aromatic carbocycles. The third kappa shape index (κ3) is 4.74. The number of rotatable bonds is 5. The van der Waals surface area contributed by atoms with E-state index in [1.165, 1.54) is 93.4 Å². The summed E-state index contributed by atoms with van der Waals surface area (Å²) < 4.78 is 2.49. The summed E-state index contributed by atoms with van der Waals surface area (Å²) >= 11 is 0. The summed E-state index contributed by atoms with van der Waals surface area (Å²) in [5.41, 5.74) is 18.1. The van der Waals surface area contributed by atoms with Crippen LogP contribution < -0.4 is 0 Å². The van der Waals surface area contributed by atoms with Gasteiger partial charge in [-0.25, -0.2) is 0 Å². The van der Waals surface area contributed by atoms with Gasteiger partial charge in [0.2, 0.25) is 0 Å². The van der Waals surface area contributed by atoms with Crippen molar-refractivity contribution in [2.24, 2.45) is 0 Å². The highest BCUT2D eigenvalue weighted by Crippen LogP contribution is 2.59. The Morgan fingerprint density at radius 1 is 0.316 bits per heavy atom. The number of pyridine rings is 1. The average molecular weight is 723 g/mol. The van der Waals surface area contributed by atoms with E-state index < -0.39 is 0 Å². The van der Waals surface area contributed by atoms with E-state index >= 15 is 0 Å². The number of hydrogen-bond acceptors (Lipinski definition) is 1. The molecule has 1 aliphatic rings. The molecule has 0 amide bonds. The van der Waals surface area contributed by atoms with Crippen LogP contribution in [-0.2, 0) is 0 Å². The zero-order valence-electron chi connectivity index (χ0n) is 31.0. The van der Waals surface area contributed by atoms with Gasteiger partial charge in [0.05, 0.1) is 16.7 Å². The predicted molar refractivity (Wildman–Crippen MR) is 240 cm³/mol. The molecular weight excluding hydrogens is 689 g/mol. The van der Waals surface area contributed by atoms with Crippen molar-refractivity contribution in [3.63, 3.8) is 0 Å². The molecule has 0 unspecified atom stereocenters. The molecule has 2 heteroatoms. The zero-order valence-corrected chi connectivity index (χ0v) is 31.0. The van der Waals surface area contributed by atoms with E-state index in [-0.39, 0.29) is 0 Å². The van der Waals surface area contributed by atoms with Gasteiger partial charge in [0.25, 0.3) is 0 Å². The topological polar surface area (TPSA) is 17.8 Å². The highest BCUT2D eigenvalue weighted by molar-refractivity contribution is 6.33. The van der Waals surface area contributed by atoms with Gasteiger partial charge in [-0.2, -0.15) is 0 Å². The normalized spacial score (nSPS) is 11.9. The maximum Gasteiger partial charge on any atom is 0.0702 e. The highest BCUT2D eigenvalue weighted by Gasteiger charge is 2.32.